The van der Waals surface area contributed by atoms with Crippen LogP contribution in [0.1, 0.15) is 51.8 Å². The molecule has 0 saturated heterocycles. The first-order valence-corrected chi connectivity index (χ1v) is 7.90. The van der Waals surface area contributed by atoms with Gasteiger partial charge in [-0.25, -0.2) is 0 Å². The molecule has 20 heavy (non-hydrogen) atoms. The topological polar surface area (TPSA) is 25.2 Å². The molecule has 0 radical (unpaired) electrons. The zero-order chi connectivity index (χ0) is 14.5. The minimum atomic E-state index is 0.295. The summed E-state index contributed by atoms with van der Waals surface area (Å²) in [5.41, 5.74) is 0.914. The van der Waals surface area contributed by atoms with Gasteiger partial charge in [0.1, 0.15) is 11.3 Å². The Hall–Kier alpha value is -0.990. The normalized spacial score (nSPS) is 13.2. The summed E-state index contributed by atoms with van der Waals surface area (Å²) in [5.74, 6) is 1.73. The van der Waals surface area contributed by atoms with E-state index in [0.717, 1.165) is 41.1 Å². The Kier molecular flexibility index (Phi) is 5.50. The summed E-state index contributed by atoms with van der Waals surface area (Å²) < 4.78 is 5.99. The third-order valence-corrected chi connectivity index (χ3v) is 3.75. The van der Waals surface area contributed by atoms with E-state index in [1.807, 2.05) is 18.2 Å². The molecular formula is C17H24ClNO. The standard InChI is InChI=1S/C17H24ClNO/c1-4-9-19-15(7-5-12(2)3)17-11-13-10-14(18)6-8-16(13)20-17/h6,8,10-12,15,19H,4-5,7,9H2,1-3H3. The summed E-state index contributed by atoms with van der Waals surface area (Å²) in [6.45, 7) is 7.72. The molecule has 2 aromatic rings. The number of halogens is 1. The summed E-state index contributed by atoms with van der Waals surface area (Å²) in [4.78, 5) is 0. The van der Waals surface area contributed by atoms with Crippen LogP contribution in [0.4, 0.5) is 0 Å². The van der Waals surface area contributed by atoms with Crippen molar-refractivity contribution in [3.05, 3.63) is 35.0 Å². The monoisotopic (exact) mass is 293 g/mol. The Morgan fingerprint density at radius 2 is 2.00 bits per heavy atom. The van der Waals surface area contributed by atoms with E-state index in [-0.39, 0.29) is 0 Å². The number of rotatable bonds is 7. The molecule has 2 rings (SSSR count). The second kappa shape index (κ2) is 7.14. The van der Waals surface area contributed by atoms with Gasteiger partial charge in [0.25, 0.3) is 0 Å². The fourth-order valence-corrected chi connectivity index (χ4v) is 2.55. The summed E-state index contributed by atoms with van der Waals surface area (Å²) in [7, 11) is 0. The number of hydrogen-bond acceptors (Lipinski definition) is 2. The molecule has 1 aromatic heterocycles. The first kappa shape index (κ1) is 15.4. The Balaban J connectivity index is 2.20. The zero-order valence-corrected chi connectivity index (χ0v) is 13.3. The van der Waals surface area contributed by atoms with Gasteiger partial charge >= 0.3 is 0 Å². The van der Waals surface area contributed by atoms with E-state index in [9.17, 15) is 0 Å². The van der Waals surface area contributed by atoms with Gasteiger partial charge in [0.15, 0.2) is 0 Å². The Morgan fingerprint density at radius 3 is 2.70 bits per heavy atom. The van der Waals surface area contributed by atoms with Crippen molar-refractivity contribution < 1.29 is 4.42 Å². The van der Waals surface area contributed by atoms with Crippen LogP contribution in [0.25, 0.3) is 11.0 Å². The predicted molar refractivity (Wildman–Crippen MR) is 86.3 cm³/mol. The smallest absolute Gasteiger partial charge is 0.134 e. The molecule has 0 fully saturated rings. The van der Waals surface area contributed by atoms with Crippen LogP contribution in [-0.2, 0) is 0 Å². The average Bonchev–Trinajstić information content (AvgIpc) is 2.81. The van der Waals surface area contributed by atoms with E-state index in [1.165, 1.54) is 6.42 Å². The average molecular weight is 294 g/mol. The quantitative estimate of drug-likeness (QED) is 0.722. The van der Waals surface area contributed by atoms with Gasteiger partial charge in [-0.15, -0.1) is 0 Å². The third kappa shape index (κ3) is 4.00. The van der Waals surface area contributed by atoms with Crippen LogP contribution in [0, 0.1) is 5.92 Å². The van der Waals surface area contributed by atoms with Crippen molar-refractivity contribution in [1.82, 2.24) is 5.32 Å². The summed E-state index contributed by atoms with van der Waals surface area (Å²) in [6, 6.07) is 8.20. The van der Waals surface area contributed by atoms with Crippen molar-refractivity contribution >= 4 is 22.6 Å². The minimum absolute atomic E-state index is 0.295. The van der Waals surface area contributed by atoms with Gasteiger partial charge in [0, 0.05) is 10.4 Å². The lowest BCUT2D eigenvalue weighted by molar-refractivity contribution is 0.382. The van der Waals surface area contributed by atoms with Crippen LogP contribution in [0.5, 0.6) is 0 Å². The van der Waals surface area contributed by atoms with Crippen LogP contribution < -0.4 is 5.32 Å². The van der Waals surface area contributed by atoms with Gasteiger partial charge in [-0.3, -0.25) is 0 Å². The van der Waals surface area contributed by atoms with Crippen molar-refractivity contribution in [3.8, 4) is 0 Å². The van der Waals surface area contributed by atoms with Gasteiger partial charge in [0.05, 0.1) is 6.04 Å². The Labute approximate surface area is 126 Å². The molecular weight excluding hydrogens is 270 g/mol. The number of hydrogen-bond donors (Lipinski definition) is 1. The van der Waals surface area contributed by atoms with E-state index in [2.05, 4.69) is 32.2 Å². The highest BCUT2D eigenvalue weighted by Gasteiger charge is 2.16. The molecule has 2 nitrogen and oxygen atoms in total. The first-order valence-electron chi connectivity index (χ1n) is 7.52. The second-order valence-corrected chi connectivity index (χ2v) is 6.25. The molecule has 1 N–H and O–H groups in total. The summed E-state index contributed by atoms with van der Waals surface area (Å²) >= 11 is 6.04. The molecule has 1 aromatic carbocycles. The predicted octanol–water partition coefficient (Wildman–Crippen LogP) is 5.56. The zero-order valence-electron chi connectivity index (χ0n) is 12.6. The Bertz CT molecular complexity index is 547. The molecule has 0 aliphatic heterocycles. The van der Waals surface area contributed by atoms with E-state index in [0.29, 0.717) is 12.0 Å². The lowest BCUT2D eigenvalue weighted by atomic mass is 10.0. The van der Waals surface area contributed by atoms with Crippen molar-refractivity contribution in [2.75, 3.05) is 6.54 Å². The molecule has 3 heteroatoms. The number of fused-ring (bicyclic) bond motifs is 1. The van der Waals surface area contributed by atoms with Crippen LogP contribution in [0.2, 0.25) is 5.02 Å². The maximum absolute atomic E-state index is 6.04. The molecule has 0 saturated carbocycles. The fraction of sp³-hybridized carbons (Fsp3) is 0.529. The lowest BCUT2D eigenvalue weighted by Crippen LogP contribution is -2.22. The molecule has 0 spiro atoms. The molecule has 0 bridgehead atoms. The largest absolute Gasteiger partial charge is 0.459 e. The van der Waals surface area contributed by atoms with Crippen LogP contribution in [-0.4, -0.2) is 6.54 Å². The molecule has 110 valence electrons. The Morgan fingerprint density at radius 1 is 1.20 bits per heavy atom. The van der Waals surface area contributed by atoms with Gasteiger partial charge in [-0.05, 0) is 56.0 Å². The van der Waals surface area contributed by atoms with Crippen molar-refractivity contribution in [3.63, 3.8) is 0 Å². The molecule has 0 aliphatic carbocycles. The molecule has 1 atom stereocenters. The molecule has 0 aliphatic rings. The van der Waals surface area contributed by atoms with Crippen molar-refractivity contribution in [1.29, 1.82) is 0 Å². The van der Waals surface area contributed by atoms with Crippen molar-refractivity contribution in [2.24, 2.45) is 5.92 Å². The van der Waals surface area contributed by atoms with Gasteiger partial charge < -0.3 is 9.73 Å². The SMILES string of the molecule is CCCNC(CCC(C)C)c1cc2cc(Cl)ccc2o1. The highest BCUT2D eigenvalue weighted by atomic mass is 35.5. The van der Waals surface area contributed by atoms with E-state index < -0.39 is 0 Å². The second-order valence-electron chi connectivity index (χ2n) is 5.81. The van der Waals surface area contributed by atoms with Gasteiger partial charge in [0.2, 0.25) is 0 Å². The van der Waals surface area contributed by atoms with E-state index in [4.69, 9.17) is 16.0 Å². The van der Waals surface area contributed by atoms with Crippen LogP contribution >= 0.6 is 11.6 Å². The maximum Gasteiger partial charge on any atom is 0.134 e. The number of furan rings is 1. The summed E-state index contributed by atoms with van der Waals surface area (Å²) in [5, 5.41) is 5.43. The highest BCUT2D eigenvalue weighted by Crippen LogP contribution is 2.29. The van der Waals surface area contributed by atoms with Gasteiger partial charge in [-0.1, -0.05) is 32.4 Å². The lowest BCUT2D eigenvalue weighted by Gasteiger charge is -2.17. The van der Waals surface area contributed by atoms with Crippen molar-refractivity contribution in [2.45, 2.75) is 46.1 Å². The van der Waals surface area contributed by atoms with Crippen LogP contribution in [0.3, 0.4) is 0 Å². The third-order valence-electron chi connectivity index (χ3n) is 3.51. The van der Waals surface area contributed by atoms with Crippen LogP contribution in [0.15, 0.2) is 28.7 Å². The summed E-state index contributed by atoms with van der Waals surface area (Å²) in [6.07, 6.45) is 3.43. The highest BCUT2D eigenvalue weighted by molar-refractivity contribution is 6.31. The minimum Gasteiger partial charge on any atom is -0.459 e. The van der Waals surface area contributed by atoms with Gasteiger partial charge in [-0.2, -0.15) is 0 Å². The first-order chi connectivity index (χ1) is 9.60. The molecule has 0 amide bonds. The van der Waals surface area contributed by atoms with E-state index >= 15 is 0 Å². The number of benzene rings is 1. The maximum atomic E-state index is 6.04. The number of nitrogens with one attached hydrogen (secondary N) is 1. The van der Waals surface area contributed by atoms with E-state index in [1.54, 1.807) is 0 Å². The molecule has 1 heterocycles. The molecule has 1 unspecified atom stereocenters. The fourth-order valence-electron chi connectivity index (χ4n) is 2.37.